The highest BCUT2D eigenvalue weighted by molar-refractivity contribution is 5.42. The van der Waals surface area contributed by atoms with Gasteiger partial charge in [0.1, 0.15) is 23.0 Å². The smallest absolute Gasteiger partial charge is 0.292 e. The zero-order valence-corrected chi connectivity index (χ0v) is 21.9. The normalized spacial score (nSPS) is 9.75. The largest absolute Gasteiger partial charge is 0.388 e. The number of hydrogen-bond acceptors (Lipinski definition) is 8. The van der Waals surface area contributed by atoms with Crippen molar-refractivity contribution in [1.29, 1.82) is 21.0 Å². The van der Waals surface area contributed by atoms with E-state index < -0.39 is 0 Å². The maximum absolute atomic E-state index is 8.49. The van der Waals surface area contributed by atoms with Gasteiger partial charge in [0.15, 0.2) is 0 Å². The van der Waals surface area contributed by atoms with Crippen LogP contribution in [0.15, 0.2) is 97.1 Å². The Kier molecular flexibility index (Phi) is 10.1. The van der Waals surface area contributed by atoms with Crippen LogP contribution in [0.5, 0.6) is 23.0 Å². The minimum atomic E-state index is -0.212. The summed E-state index contributed by atoms with van der Waals surface area (Å²) in [5.41, 5.74) is 4.21. The van der Waals surface area contributed by atoms with E-state index in [1.807, 2.05) is 48.5 Å². The van der Waals surface area contributed by atoms with Gasteiger partial charge in [-0.25, -0.2) is 0 Å². The van der Waals surface area contributed by atoms with Gasteiger partial charge in [0, 0.05) is 5.41 Å². The molecule has 0 N–H and O–H groups in total. The quantitative estimate of drug-likeness (QED) is 0.230. The lowest BCUT2D eigenvalue weighted by molar-refractivity contribution is 0.505. The van der Waals surface area contributed by atoms with Crippen LogP contribution < -0.4 is 18.9 Å². The minimum absolute atomic E-state index is 0.212. The summed E-state index contributed by atoms with van der Waals surface area (Å²) in [5, 5.41) is 33.8. The number of benzene rings is 4. The summed E-state index contributed by atoms with van der Waals surface area (Å²) in [6.07, 6.45) is 7.33. The third-order valence-corrected chi connectivity index (χ3v) is 6.06. The molecule has 4 aromatic carbocycles. The number of ether oxygens (including phenoxy) is 4. The van der Waals surface area contributed by atoms with E-state index in [9.17, 15) is 0 Å². The van der Waals surface area contributed by atoms with Crippen molar-refractivity contribution in [2.75, 3.05) is 0 Å². The van der Waals surface area contributed by atoms with Gasteiger partial charge >= 0.3 is 0 Å². The average molecular weight is 529 g/mol. The van der Waals surface area contributed by atoms with Crippen molar-refractivity contribution >= 4 is 0 Å². The summed E-state index contributed by atoms with van der Waals surface area (Å²) >= 11 is 0. The van der Waals surface area contributed by atoms with Crippen LogP contribution in [0.4, 0.5) is 0 Å². The number of rotatable bonds is 8. The first-order valence-corrected chi connectivity index (χ1v) is 12.0. The van der Waals surface area contributed by atoms with Crippen LogP contribution in [0.3, 0.4) is 0 Å². The fourth-order valence-electron chi connectivity index (χ4n) is 3.84. The molecule has 4 rings (SSSR count). The van der Waals surface area contributed by atoms with Crippen LogP contribution in [0, 0.1) is 46.1 Å². The molecule has 0 unspecified atom stereocenters. The monoisotopic (exact) mass is 528 g/mol. The summed E-state index contributed by atoms with van der Waals surface area (Å²) in [5.74, 6) is 2.11. The summed E-state index contributed by atoms with van der Waals surface area (Å²) in [7, 11) is 0. The maximum atomic E-state index is 8.49. The van der Waals surface area contributed by atoms with Crippen molar-refractivity contribution in [1.82, 2.24) is 0 Å². The molecule has 8 heteroatoms. The van der Waals surface area contributed by atoms with Gasteiger partial charge < -0.3 is 18.9 Å². The third-order valence-electron chi connectivity index (χ3n) is 6.06. The highest BCUT2D eigenvalue weighted by Crippen LogP contribution is 2.33. The molecule has 0 fully saturated rings. The topological polar surface area (TPSA) is 132 Å². The lowest BCUT2D eigenvalue weighted by Crippen LogP contribution is -2.18. The first-order chi connectivity index (χ1) is 19.4. The molecule has 0 heterocycles. The van der Waals surface area contributed by atoms with Gasteiger partial charge in [-0.3, -0.25) is 0 Å². The van der Waals surface area contributed by atoms with Gasteiger partial charge in [-0.1, -0.05) is 62.4 Å². The van der Waals surface area contributed by atoms with Gasteiger partial charge in [0.05, 0.1) is 0 Å². The van der Waals surface area contributed by atoms with E-state index in [1.54, 1.807) is 73.6 Å². The van der Waals surface area contributed by atoms with Crippen LogP contribution in [-0.2, 0) is 11.8 Å². The first kappa shape index (κ1) is 28.6. The lowest BCUT2D eigenvalue weighted by Gasteiger charge is -2.26. The Balaban J connectivity index is 0.000000222. The molecule has 8 nitrogen and oxygen atoms in total. The molecule has 0 amide bonds. The Morgan fingerprint density at radius 1 is 0.450 bits per heavy atom. The van der Waals surface area contributed by atoms with Crippen LogP contribution in [0.1, 0.15) is 36.1 Å². The highest BCUT2D eigenvalue weighted by atomic mass is 16.5. The molecule has 0 aromatic heterocycles. The second-order valence-corrected chi connectivity index (χ2v) is 8.91. The third kappa shape index (κ3) is 8.02. The Morgan fingerprint density at radius 2 is 0.700 bits per heavy atom. The average Bonchev–Trinajstić information content (AvgIpc) is 2.97. The van der Waals surface area contributed by atoms with Crippen molar-refractivity contribution in [2.45, 2.75) is 25.7 Å². The number of hydrogen-bond donors (Lipinski definition) is 0. The van der Waals surface area contributed by atoms with Crippen molar-refractivity contribution < 1.29 is 18.9 Å². The van der Waals surface area contributed by atoms with Crippen LogP contribution in [-0.4, -0.2) is 0 Å². The number of nitrogens with zero attached hydrogens (tertiary/aromatic N) is 4. The van der Waals surface area contributed by atoms with Crippen LogP contribution >= 0.6 is 0 Å². The molecule has 0 saturated carbocycles. The second kappa shape index (κ2) is 14.1. The maximum Gasteiger partial charge on any atom is 0.292 e. The standard InChI is InChI=1S/C17H14N2O2.C15H10N2O2/c1-17(2,13-3-7-15(8-4-13)20-11-18)14-5-9-16(10-6-14)21-12-19;16-10-18-14-5-1-12(2-6-14)9-13-3-7-15(8-4-13)19-11-17/h3-10H,1-2H3;1-8H,9H2. The molecule has 0 radical (unpaired) electrons. The van der Waals surface area contributed by atoms with Gasteiger partial charge in [-0.05, 0) is 77.2 Å². The summed E-state index contributed by atoms with van der Waals surface area (Å²) in [4.78, 5) is 0. The molecule has 0 aliphatic carbocycles. The van der Waals surface area contributed by atoms with E-state index in [-0.39, 0.29) is 5.41 Å². The Hall–Kier alpha value is -5.96. The van der Waals surface area contributed by atoms with Gasteiger partial charge in [-0.15, -0.1) is 21.0 Å². The van der Waals surface area contributed by atoms with Crippen molar-refractivity contribution in [3.05, 3.63) is 119 Å². The molecular formula is C32H24N4O4. The van der Waals surface area contributed by atoms with Crippen molar-refractivity contribution in [3.63, 3.8) is 0 Å². The molecule has 40 heavy (non-hydrogen) atoms. The van der Waals surface area contributed by atoms with Crippen molar-refractivity contribution in [3.8, 4) is 48.0 Å². The van der Waals surface area contributed by atoms with E-state index in [4.69, 9.17) is 40.0 Å². The Bertz CT molecular complexity index is 1430. The van der Waals surface area contributed by atoms with E-state index in [2.05, 4.69) is 13.8 Å². The van der Waals surface area contributed by atoms with Crippen LogP contribution in [0.25, 0.3) is 0 Å². The molecule has 0 aliphatic rings. The van der Waals surface area contributed by atoms with Gasteiger partial charge in [0.2, 0.25) is 0 Å². The molecule has 4 aromatic rings. The lowest BCUT2D eigenvalue weighted by atomic mass is 9.78. The molecule has 0 atom stereocenters. The minimum Gasteiger partial charge on any atom is -0.388 e. The molecule has 0 saturated heterocycles. The molecule has 0 aliphatic heterocycles. The van der Waals surface area contributed by atoms with E-state index in [0.717, 1.165) is 28.7 Å². The molecule has 196 valence electrons. The van der Waals surface area contributed by atoms with Gasteiger partial charge in [0.25, 0.3) is 25.0 Å². The van der Waals surface area contributed by atoms with E-state index >= 15 is 0 Å². The summed E-state index contributed by atoms with van der Waals surface area (Å²) in [6, 6.07) is 29.5. The summed E-state index contributed by atoms with van der Waals surface area (Å²) < 4.78 is 19.0. The van der Waals surface area contributed by atoms with Crippen LogP contribution in [0.2, 0.25) is 0 Å². The van der Waals surface area contributed by atoms with Crippen molar-refractivity contribution in [2.24, 2.45) is 0 Å². The Morgan fingerprint density at radius 3 is 0.950 bits per heavy atom. The fraction of sp³-hybridized carbons (Fsp3) is 0.125. The zero-order chi connectivity index (χ0) is 28.8. The molecular weight excluding hydrogens is 504 g/mol. The second-order valence-electron chi connectivity index (χ2n) is 8.91. The highest BCUT2D eigenvalue weighted by Gasteiger charge is 2.23. The molecule has 0 bridgehead atoms. The zero-order valence-electron chi connectivity index (χ0n) is 21.9. The van der Waals surface area contributed by atoms with E-state index in [0.29, 0.717) is 23.0 Å². The fourth-order valence-corrected chi connectivity index (χ4v) is 3.84. The van der Waals surface area contributed by atoms with Gasteiger partial charge in [-0.2, -0.15) is 0 Å². The summed E-state index contributed by atoms with van der Waals surface area (Å²) in [6.45, 7) is 4.21. The predicted molar refractivity (Wildman–Crippen MR) is 146 cm³/mol. The first-order valence-electron chi connectivity index (χ1n) is 12.0. The predicted octanol–water partition coefficient (Wildman–Crippen LogP) is 6.73. The SMILES string of the molecule is CC(C)(c1ccc(OC#N)cc1)c1ccc(OC#N)cc1.N#COc1ccc(Cc2ccc(OC#N)cc2)cc1. The molecule has 0 spiro atoms. The van der Waals surface area contributed by atoms with E-state index in [1.165, 1.54) is 0 Å². The number of nitriles is 4. The Labute approximate surface area is 233 Å².